The summed E-state index contributed by atoms with van der Waals surface area (Å²) in [4.78, 5) is 19.3. The summed E-state index contributed by atoms with van der Waals surface area (Å²) < 4.78 is 1.96. The van der Waals surface area contributed by atoms with Gasteiger partial charge in [0, 0.05) is 44.6 Å². The summed E-state index contributed by atoms with van der Waals surface area (Å²) in [6, 6.07) is 11.6. The Morgan fingerprint density at radius 2 is 2.08 bits per heavy atom. The Morgan fingerprint density at radius 1 is 1.27 bits per heavy atom. The van der Waals surface area contributed by atoms with E-state index in [0.29, 0.717) is 18.8 Å². The molecule has 1 amide bonds. The standard InChI is InChI=1S/C18H20N6O.ClH/c1-23-9-8-20-17(23)16-12-19-7-10-24(16)18(25)15-11-14(21-22-15)13-5-3-2-4-6-13;/h2-6,8-9,11,16,19H,7,10,12H2,1H3,(H,21,22);1H. The molecule has 7 nitrogen and oxygen atoms in total. The van der Waals surface area contributed by atoms with Crippen molar-refractivity contribution in [1.82, 2.24) is 30.0 Å². The molecule has 0 radical (unpaired) electrons. The smallest absolute Gasteiger partial charge is 0.272 e. The number of aromatic amines is 1. The number of hydrogen-bond acceptors (Lipinski definition) is 4. The van der Waals surface area contributed by atoms with E-state index in [1.165, 1.54) is 0 Å². The summed E-state index contributed by atoms with van der Waals surface area (Å²) in [6.45, 7) is 2.10. The van der Waals surface area contributed by atoms with Gasteiger partial charge in [-0.2, -0.15) is 5.10 Å². The minimum absolute atomic E-state index is 0. The Labute approximate surface area is 157 Å². The van der Waals surface area contributed by atoms with E-state index < -0.39 is 0 Å². The van der Waals surface area contributed by atoms with Crippen molar-refractivity contribution < 1.29 is 4.79 Å². The van der Waals surface area contributed by atoms with Crippen molar-refractivity contribution in [3.05, 3.63) is 60.3 Å². The minimum atomic E-state index is -0.0928. The molecule has 26 heavy (non-hydrogen) atoms. The van der Waals surface area contributed by atoms with E-state index in [0.717, 1.165) is 23.6 Å². The van der Waals surface area contributed by atoms with Gasteiger partial charge in [0.25, 0.3) is 5.91 Å². The Kier molecular flexibility index (Phi) is 5.39. The van der Waals surface area contributed by atoms with Crippen LogP contribution in [-0.2, 0) is 7.05 Å². The Morgan fingerprint density at radius 3 is 2.81 bits per heavy atom. The average molecular weight is 373 g/mol. The molecule has 3 aromatic rings. The molecule has 0 spiro atoms. The second-order valence-corrected chi connectivity index (χ2v) is 6.15. The van der Waals surface area contributed by atoms with E-state index in [2.05, 4.69) is 20.5 Å². The van der Waals surface area contributed by atoms with Gasteiger partial charge in [-0.05, 0) is 6.07 Å². The zero-order valence-corrected chi connectivity index (χ0v) is 15.2. The summed E-state index contributed by atoms with van der Waals surface area (Å²) in [5.74, 6) is 0.826. The van der Waals surface area contributed by atoms with Crippen LogP contribution in [0.15, 0.2) is 48.8 Å². The van der Waals surface area contributed by atoms with Crippen molar-refractivity contribution in [2.45, 2.75) is 6.04 Å². The number of nitrogens with zero attached hydrogens (tertiary/aromatic N) is 4. The Hall–Kier alpha value is -2.64. The molecule has 0 saturated carbocycles. The van der Waals surface area contributed by atoms with E-state index >= 15 is 0 Å². The van der Waals surface area contributed by atoms with E-state index in [-0.39, 0.29) is 24.4 Å². The number of carbonyl (C=O) groups excluding carboxylic acids is 1. The summed E-state index contributed by atoms with van der Waals surface area (Å²) in [5, 5.41) is 10.5. The van der Waals surface area contributed by atoms with Gasteiger partial charge < -0.3 is 14.8 Å². The number of aromatic nitrogens is 4. The molecule has 3 heterocycles. The quantitative estimate of drug-likeness (QED) is 0.737. The predicted octanol–water partition coefficient (Wildman–Crippen LogP) is 2.02. The Balaban J connectivity index is 0.00000196. The number of imidazole rings is 1. The molecule has 1 fully saturated rings. The van der Waals surface area contributed by atoms with E-state index in [1.54, 1.807) is 6.20 Å². The van der Waals surface area contributed by atoms with Gasteiger partial charge in [0.05, 0.1) is 5.69 Å². The summed E-state index contributed by atoms with van der Waals surface area (Å²) in [7, 11) is 1.95. The summed E-state index contributed by atoms with van der Waals surface area (Å²) >= 11 is 0. The maximum atomic E-state index is 13.1. The molecule has 0 aliphatic carbocycles. The molecule has 4 rings (SSSR count). The molecule has 1 aliphatic heterocycles. The lowest BCUT2D eigenvalue weighted by Gasteiger charge is -2.35. The molecule has 1 unspecified atom stereocenters. The van der Waals surface area contributed by atoms with Gasteiger partial charge in [0.2, 0.25) is 0 Å². The maximum absolute atomic E-state index is 13.1. The van der Waals surface area contributed by atoms with Crippen LogP contribution in [0.2, 0.25) is 0 Å². The lowest BCUT2D eigenvalue weighted by atomic mass is 10.1. The zero-order chi connectivity index (χ0) is 17.2. The van der Waals surface area contributed by atoms with Crippen molar-refractivity contribution in [2.75, 3.05) is 19.6 Å². The first-order chi connectivity index (χ1) is 12.2. The lowest BCUT2D eigenvalue weighted by Crippen LogP contribution is -2.49. The van der Waals surface area contributed by atoms with E-state index in [4.69, 9.17) is 0 Å². The number of nitrogens with one attached hydrogen (secondary N) is 2. The normalized spacial score (nSPS) is 17.0. The highest BCUT2D eigenvalue weighted by molar-refractivity contribution is 5.93. The van der Waals surface area contributed by atoms with Crippen molar-refractivity contribution >= 4 is 18.3 Å². The third kappa shape index (κ3) is 3.36. The van der Waals surface area contributed by atoms with Crippen LogP contribution in [0.3, 0.4) is 0 Å². The van der Waals surface area contributed by atoms with Gasteiger partial charge in [0.15, 0.2) is 0 Å². The number of benzene rings is 1. The first-order valence-corrected chi connectivity index (χ1v) is 8.34. The van der Waals surface area contributed by atoms with Crippen LogP contribution >= 0.6 is 12.4 Å². The van der Waals surface area contributed by atoms with Gasteiger partial charge in [-0.3, -0.25) is 9.89 Å². The van der Waals surface area contributed by atoms with Crippen LogP contribution in [0.5, 0.6) is 0 Å². The highest BCUT2D eigenvalue weighted by Crippen LogP contribution is 2.24. The number of piperazine rings is 1. The average Bonchev–Trinajstić information content (AvgIpc) is 3.31. The molecular formula is C18H21ClN6O. The fraction of sp³-hybridized carbons (Fsp3) is 0.278. The molecule has 1 aliphatic rings. The third-order valence-electron chi connectivity index (χ3n) is 4.54. The highest BCUT2D eigenvalue weighted by Gasteiger charge is 2.31. The van der Waals surface area contributed by atoms with E-state index in [1.807, 2.05) is 59.1 Å². The first-order valence-electron chi connectivity index (χ1n) is 8.34. The fourth-order valence-corrected chi connectivity index (χ4v) is 3.22. The first kappa shape index (κ1) is 18.2. The fourth-order valence-electron chi connectivity index (χ4n) is 3.22. The summed E-state index contributed by atoms with van der Waals surface area (Å²) in [5.41, 5.74) is 2.26. The van der Waals surface area contributed by atoms with Gasteiger partial charge in [0.1, 0.15) is 17.6 Å². The zero-order valence-electron chi connectivity index (χ0n) is 14.4. The van der Waals surface area contributed by atoms with Crippen molar-refractivity contribution in [3.63, 3.8) is 0 Å². The van der Waals surface area contributed by atoms with Crippen LogP contribution < -0.4 is 5.32 Å². The van der Waals surface area contributed by atoms with Gasteiger partial charge in [-0.15, -0.1) is 12.4 Å². The molecule has 0 bridgehead atoms. The molecule has 2 aromatic heterocycles. The number of aryl methyl sites for hydroxylation is 1. The predicted molar refractivity (Wildman–Crippen MR) is 101 cm³/mol. The van der Waals surface area contributed by atoms with Crippen molar-refractivity contribution in [1.29, 1.82) is 0 Å². The van der Waals surface area contributed by atoms with Crippen LogP contribution in [0.4, 0.5) is 0 Å². The second kappa shape index (κ2) is 7.72. The SMILES string of the molecule is Cl.Cn1ccnc1C1CNCCN1C(=O)c1cc(-c2ccccc2)n[nH]1. The van der Waals surface area contributed by atoms with Crippen LogP contribution in [-0.4, -0.2) is 50.2 Å². The number of amides is 1. The number of H-pyrrole nitrogens is 1. The molecule has 8 heteroatoms. The minimum Gasteiger partial charge on any atom is -0.336 e. The lowest BCUT2D eigenvalue weighted by molar-refractivity contribution is 0.0614. The molecule has 1 aromatic carbocycles. The molecule has 136 valence electrons. The van der Waals surface area contributed by atoms with Crippen LogP contribution in [0.25, 0.3) is 11.3 Å². The van der Waals surface area contributed by atoms with Gasteiger partial charge in [-0.1, -0.05) is 30.3 Å². The molecule has 2 N–H and O–H groups in total. The summed E-state index contributed by atoms with van der Waals surface area (Å²) in [6.07, 6.45) is 3.66. The number of hydrogen-bond donors (Lipinski definition) is 2. The Bertz CT molecular complexity index is 875. The monoisotopic (exact) mass is 372 g/mol. The number of halogens is 1. The van der Waals surface area contributed by atoms with Gasteiger partial charge in [-0.25, -0.2) is 4.98 Å². The number of carbonyl (C=O) groups is 1. The largest absolute Gasteiger partial charge is 0.336 e. The van der Waals surface area contributed by atoms with Crippen molar-refractivity contribution in [3.8, 4) is 11.3 Å². The highest BCUT2D eigenvalue weighted by atomic mass is 35.5. The van der Waals surface area contributed by atoms with E-state index in [9.17, 15) is 4.79 Å². The topological polar surface area (TPSA) is 78.8 Å². The number of rotatable bonds is 3. The van der Waals surface area contributed by atoms with Crippen LogP contribution in [0, 0.1) is 0 Å². The van der Waals surface area contributed by atoms with Crippen molar-refractivity contribution in [2.24, 2.45) is 7.05 Å². The maximum Gasteiger partial charge on any atom is 0.272 e. The molecule has 1 atom stereocenters. The van der Waals surface area contributed by atoms with Crippen LogP contribution in [0.1, 0.15) is 22.4 Å². The van der Waals surface area contributed by atoms with Gasteiger partial charge >= 0.3 is 0 Å². The molecular weight excluding hydrogens is 352 g/mol. The third-order valence-corrected chi connectivity index (χ3v) is 4.54. The molecule has 1 saturated heterocycles. The second-order valence-electron chi connectivity index (χ2n) is 6.15.